The first-order chi connectivity index (χ1) is 14.2. The van der Waals surface area contributed by atoms with Crippen molar-refractivity contribution in [2.45, 2.75) is 6.54 Å². The van der Waals surface area contributed by atoms with Crippen molar-refractivity contribution in [2.75, 3.05) is 5.32 Å². The zero-order valence-corrected chi connectivity index (χ0v) is 16.3. The number of fused-ring (bicyclic) bond motifs is 1. The van der Waals surface area contributed by atoms with Crippen LogP contribution in [0.1, 0.15) is 21.5 Å². The summed E-state index contributed by atoms with van der Waals surface area (Å²) in [5, 5.41) is 9.17. The predicted octanol–water partition coefficient (Wildman–Crippen LogP) is 5.20. The van der Waals surface area contributed by atoms with Crippen LogP contribution in [-0.2, 0) is 6.54 Å². The molecule has 4 rings (SSSR count). The van der Waals surface area contributed by atoms with E-state index in [9.17, 15) is 4.79 Å². The van der Waals surface area contributed by atoms with E-state index < -0.39 is 0 Å². The molecule has 0 aliphatic heterocycles. The van der Waals surface area contributed by atoms with Crippen LogP contribution in [0.25, 0.3) is 10.9 Å². The Hall–Kier alpha value is -3.57. The quantitative estimate of drug-likeness (QED) is 0.306. The standard InChI is InChI=1S/C23H19ClN4O/c24-19-9-5-16(6-10-19)13-25-20-11-7-17(8-12-20)23(29)28-27-15-18-14-26-22-4-2-1-3-21(18)22/h1-12,14-15,25-26H,13H2,(H,28,29)/b27-15+. The third-order valence-corrected chi connectivity index (χ3v) is 4.80. The van der Waals surface area contributed by atoms with Crippen LogP contribution in [0.3, 0.4) is 0 Å². The molecule has 0 aliphatic carbocycles. The van der Waals surface area contributed by atoms with Gasteiger partial charge in [-0.15, -0.1) is 0 Å². The van der Waals surface area contributed by atoms with E-state index in [0.29, 0.717) is 12.1 Å². The minimum atomic E-state index is -0.259. The number of hydrazone groups is 1. The van der Waals surface area contributed by atoms with Gasteiger partial charge in [-0.2, -0.15) is 5.10 Å². The average molecular weight is 403 g/mol. The molecule has 4 aromatic rings. The normalized spacial score (nSPS) is 11.1. The molecule has 0 unspecified atom stereocenters. The number of carbonyl (C=O) groups excluding carboxylic acids is 1. The van der Waals surface area contributed by atoms with E-state index in [1.165, 1.54) is 0 Å². The molecular formula is C23H19ClN4O. The second-order valence-electron chi connectivity index (χ2n) is 6.55. The second kappa shape index (κ2) is 8.63. The van der Waals surface area contributed by atoms with Crippen LogP contribution < -0.4 is 10.7 Å². The van der Waals surface area contributed by atoms with Crippen LogP contribution in [0.2, 0.25) is 5.02 Å². The van der Waals surface area contributed by atoms with Gasteiger partial charge in [0.15, 0.2) is 0 Å². The van der Waals surface area contributed by atoms with Gasteiger partial charge in [-0.05, 0) is 48.0 Å². The van der Waals surface area contributed by atoms with Gasteiger partial charge < -0.3 is 10.3 Å². The average Bonchev–Trinajstić information content (AvgIpc) is 3.17. The number of anilines is 1. The van der Waals surface area contributed by atoms with Crippen molar-refractivity contribution in [3.05, 3.63) is 101 Å². The van der Waals surface area contributed by atoms with Crippen LogP contribution in [-0.4, -0.2) is 17.1 Å². The van der Waals surface area contributed by atoms with E-state index in [-0.39, 0.29) is 5.91 Å². The van der Waals surface area contributed by atoms with Gasteiger partial charge in [0.1, 0.15) is 0 Å². The molecule has 6 heteroatoms. The Morgan fingerprint density at radius 2 is 1.76 bits per heavy atom. The summed E-state index contributed by atoms with van der Waals surface area (Å²) < 4.78 is 0. The molecular weight excluding hydrogens is 384 g/mol. The van der Waals surface area contributed by atoms with Crippen molar-refractivity contribution in [1.82, 2.24) is 10.4 Å². The Labute approximate surface area is 173 Å². The zero-order valence-electron chi connectivity index (χ0n) is 15.5. The van der Waals surface area contributed by atoms with E-state index >= 15 is 0 Å². The topological polar surface area (TPSA) is 69.3 Å². The smallest absolute Gasteiger partial charge is 0.271 e. The summed E-state index contributed by atoms with van der Waals surface area (Å²) in [4.78, 5) is 15.5. The first kappa shape index (κ1) is 18.8. The van der Waals surface area contributed by atoms with Crippen molar-refractivity contribution in [3.63, 3.8) is 0 Å². The molecule has 0 bridgehead atoms. The number of halogens is 1. The maximum absolute atomic E-state index is 12.3. The number of hydrogen-bond acceptors (Lipinski definition) is 3. The fraction of sp³-hybridized carbons (Fsp3) is 0.0435. The van der Waals surface area contributed by atoms with Gasteiger partial charge in [-0.25, -0.2) is 5.43 Å². The number of aromatic amines is 1. The molecule has 3 aromatic carbocycles. The molecule has 1 amide bonds. The van der Waals surface area contributed by atoms with E-state index in [1.54, 1.807) is 18.3 Å². The van der Waals surface area contributed by atoms with Crippen molar-refractivity contribution < 1.29 is 4.79 Å². The summed E-state index contributed by atoms with van der Waals surface area (Å²) in [6.07, 6.45) is 3.50. The molecule has 1 aromatic heterocycles. The van der Waals surface area contributed by atoms with Gasteiger partial charge in [-0.3, -0.25) is 4.79 Å². The Kier molecular flexibility index (Phi) is 5.59. The first-order valence-electron chi connectivity index (χ1n) is 9.17. The molecule has 5 nitrogen and oxygen atoms in total. The van der Waals surface area contributed by atoms with E-state index in [1.807, 2.05) is 66.9 Å². The minimum absolute atomic E-state index is 0.259. The molecule has 0 saturated heterocycles. The van der Waals surface area contributed by atoms with Crippen molar-refractivity contribution in [3.8, 4) is 0 Å². The predicted molar refractivity (Wildman–Crippen MR) is 119 cm³/mol. The Morgan fingerprint density at radius 3 is 2.55 bits per heavy atom. The largest absolute Gasteiger partial charge is 0.381 e. The molecule has 144 valence electrons. The molecule has 1 heterocycles. The first-order valence-corrected chi connectivity index (χ1v) is 9.55. The summed E-state index contributed by atoms with van der Waals surface area (Å²) in [5.74, 6) is -0.259. The monoisotopic (exact) mass is 402 g/mol. The second-order valence-corrected chi connectivity index (χ2v) is 6.98. The van der Waals surface area contributed by atoms with Gasteiger partial charge in [0.25, 0.3) is 5.91 Å². The van der Waals surface area contributed by atoms with Crippen LogP contribution in [0, 0.1) is 0 Å². The summed E-state index contributed by atoms with van der Waals surface area (Å²) in [6, 6.07) is 22.9. The number of amides is 1. The number of rotatable bonds is 6. The Bertz CT molecular complexity index is 1150. The number of nitrogens with zero attached hydrogens (tertiary/aromatic N) is 1. The van der Waals surface area contributed by atoms with Crippen LogP contribution >= 0.6 is 11.6 Å². The van der Waals surface area contributed by atoms with Gasteiger partial charge in [-0.1, -0.05) is 41.9 Å². The van der Waals surface area contributed by atoms with Crippen molar-refractivity contribution in [2.24, 2.45) is 5.10 Å². The van der Waals surface area contributed by atoms with Gasteiger partial charge in [0, 0.05) is 45.5 Å². The summed E-state index contributed by atoms with van der Waals surface area (Å²) in [5.41, 5.74) is 7.11. The third-order valence-electron chi connectivity index (χ3n) is 4.55. The third kappa shape index (κ3) is 4.65. The molecule has 0 aliphatic rings. The van der Waals surface area contributed by atoms with Crippen molar-refractivity contribution >= 4 is 40.3 Å². The highest BCUT2D eigenvalue weighted by Crippen LogP contribution is 2.16. The summed E-state index contributed by atoms with van der Waals surface area (Å²) in [6.45, 7) is 0.678. The fourth-order valence-electron chi connectivity index (χ4n) is 2.97. The highest BCUT2D eigenvalue weighted by Gasteiger charge is 2.05. The molecule has 3 N–H and O–H groups in total. The Morgan fingerprint density at radius 1 is 1.00 bits per heavy atom. The number of aromatic nitrogens is 1. The van der Waals surface area contributed by atoms with E-state index in [4.69, 9.17) is 11.6 Å². The number of carbonyl (C=O) groups is 1. The maximum Gasteiger partial charge on any atom is 0.271 e. The zero-order chi connectivity index (χ0) is 20.1. The molecule has 0 spiro atoms. The SMILES string of the molecule is O=C(N/N=C/c1c[nH]c2ccccc12)c1ccc(NCc2ccc(Cl)cc2)cc1. The molecule has 0 radical (unpaired) electrons. The molecule has 0 fully saturated rings. The lowest BCUT2D eigenvalue weighted by atomic mass is 10.2. The highest BCUT2D eigenvalue weighted by molar-refractivity contribution is 6.30. The van der Waals surface area contributed by atoms with Gasteiger partial charge >= 0.3 is 0 Å². The van der Waals surface area contributed by atoms with Crippen LogP contribution in [0.5, 0.6) is 0 Å². The summed E-state index contributed by atoms with van der Waals surface area (Å²) in [7, 11) is 0. The van der Waals surface area contributed by atoms with Crippen LogP contribution in [0.15, 0.2) is 84.1 Å². The maximum atomic E-state index is 12.3. The Balaban J connectivity index is 1.33. The number of hydrogen-bond donors (Lipinski definition) is 3. The lowest BCUT2D eigenvalue weighted by Crippen LogP contribution is -2.17. The number of nitrogens with one attached hydrogen (secondary N) is 3. The number of para-hydroxylation sites is 1. The summed E-state index contributed by atoms with van der Waals surface area (Å²) >= 11 is 5.90. The van der Waals surface area contributed by atoms with E-state index in [2.05, 4.69) is 20.8 Å². The molecule has 0 atom stereocenters. The fourth-order valence-corrected chi connectivity index (χ4v) is 3.10. The molecule has 29 heavy (non-hydrogen) atoms. The molecule has 0 saturated carbocycles. The number of H-pyrrole nitrogens is 1. The lowest BCUT2D eigenvalue weighted by molar-refractivity contribution is 0.0955. The van der Waals surface area contributed by atoms with Gasteiger partial charge in [0.05, 0.1) is 6.21 Å². The highest BCUT2D eigenvalue weighted by atomic mass is 35.5. The minimum Gasteiger partial charge on any atom is -0.381 e. The van der Waals surface area contributed by atoms with Crippen LogP contribution in [0.4, 0.5) is 5.69 Å². The lowest BCUT2D eigenvalue weighted by Gasteiger charge is -2.07. The van der Waals surface area contributed by atoms with E-state index in [0.717, 1.165) is 32.7 Å². The van der Waals surface area contributed by atoms with Gasteiger partial charge in [0.2, 0.25) is 0 Å². The van der Waals surface area contributed by atoms with Crippen molar-refractivity contribution in [1.29, 1.82) is 0 Å². The number of benzene rings is 3.